The molecule has 2 rings (SSSR count). The largest absolute Gasteiger partial charge is 0.405 e. The van der Waals surface area contributed by atoms with Gasteiger partial charge in [-0.2, -0.15) is 13.2 Å². The van der Waals surface area contributed by atoms with Crippen molar-refractivity contribution in [2.45, 2.75) is 18.8 Å². The summed E-state index contributed by atoms with van der Waals surface area (Å²) < 4.78 is 51.2. The molecule has 1 aliphatic heterocycles. The minimum atomic E-state index is -4.24. The van der Waals surface area contributed by atoms with E-state index in [2.05, 4.69) is 5.32 Å². The van der Waals surface area contributed by atoms with Crippen LogP contribution in [0.15, 0.2) is 24.3 Å². The summed E-state index contributed by atoms with van der Waals surface area (Å²) in [5.74, 6) is -0.383. The molecule has 1 N–H and O–H groups in total. The zero-order chi connectivity index (χ0) is 13.2. The van der Waals surface area contributed by atoms with Crippen LogP contribution in [-0.2, 0) is 6.54 Å². The topological polar surface area (TPSA) is 15.3 Å². The molecule has 0 aromatic heterocycles. The molecule has 1 aromatic carbocycles. The molecule has 1 aliphatic rings. The maximum absolute atomic E-state index is 12.8. The zero-order valence-electron chi connectivity index (χ0n) is 9.67. The molecule has 1 fully saturated rings. The van der Waals surface area contributed by atoms with E-state index in [1.54, 1.807) is 0 Å². The van der Waals surface area contributed by atoms with Crippen LogP contribution in [0.5, 0.6) is 0 Å². The number of nitrogens with one attached hydrogen (secondary N) is 1. The lowest BCUT2D eigenvalue weighted by atomic mass is 10.1. The molecule has 1 aromatic rings. The van der Waals surface area contributed by atoms with Crippen molar-refractivity contribution < 1.29 is 17.6 Å². The van der Waals surface area contributed by atoms with Crippen molar-refractivity contribution in [2.24, 2.45) is 0 Å². The third kappa shape index (κ3) is 3.20. The fourth-order valence-corrected chi connectivity index (χ4v) is 2.08. The normalized spacial score (nSPS) is 22.1. The van der Waals surface area contributed by atoms with Crippen LogP contribution in [-0.4, -0.2) is 36.8 Å². The average molecular weight is 262 g/mol. The Labute approximate surface area is 103 Å². The summed E-state index contributed by atoms with van der Waals surface area (Å²) >= 11 is 0. The first-order valence-corrected chi connectivity index (χ1v) is 5.73. The van der Waals surface area contributed by atoms with Crippen molar-refractivity contribution in [1.82, 2.24) is 10.2 Å². The fraction of sp³-hybridized carbons (Fsp3) is 0.500. The maximum Gasteiger partial charge on any atom is 0.405 e. The van der Waals surface area contributed by atoms with Crippen LogP contribution in [0.1, 0.15) is 5.56 Å². The monoisotopic (exact) mass is 262 g/mol. The van der Waals surface area contributed by atoms with Crippen molar-refractivity contribution in [1.29, 1.82) is 0 Å². The summed E-state index contributed by atoms with van der Waals surface area (Å²) in [4.78, 5) is 1.38. The Morgan fingerprint density at radius 2 is 1.89 bits per heavy atom. The van der Waals surface area contributed by atoms with Gasteiger partial charge in [-0.15, -0.1) is 0 Å². The van der Waals surface area contributed by atoms with Gasteiger partial charge in [-0.1, -0.05) is 12.1 Å². The van der Waals surface area contributed by atoms with Gasteiger partial charge >= 0.3 is 6.18 Å². The second kappa shape index (κ2) is 5.24. The van der Waals surface area contributed by atoms with Gasteiger partial charge in [0.15, 0.2) is 0 Å². The van der Waals surface area contributed by atoms with E-state index in [0.29, 0.717) is 18.7 Å². The van der Waals surface area contributed by atoms with E-state index in [0.717, 1.165) is 0 Å². The highest BCUT2D eigenvalue weighted by Gasteiger charge is 2.44. The second-order valence-electron chi connectivity index (χ2n) is 4.36. The molecule has 1 heterocycles. The standard InChI is InChI=1S/C12H14F4N2/c13-10-3-1-9(2-4-10)8-18-6-5-17-7-11(18)12(14,15)16/h1-4,11,17H,5-8H2. The maximum atomic E-state index is 12.8. The number of nitrogens with zero attached hydrogens (tertiary/aromatic N) is 1. The molecule has 0 aliphatic carbocycles. The third-order valence-electron chi connectivity index (χ3n) is 3.03. The van der Waals surface area contributed by atoms with Gasteiger partial charge in [-0.25, -0.2) is 4.39 Å². The minimum absolute atomic E-state index is 0.0926. The zero-order valence-corrected chi connectivity index (χ0v) is 9.67. The molecule has 1 saturated heterocycles. The van der Waals surface area contributed by atoms with Crippen LogP contribution >= 0.6 is 0 Å². The Morgan fingerprint density at radius 1 is 1.22 bits per heavy atom. The predicted octanol–water partition coefficient (Wildman–Crippen LogP) is 2.16. The molecule has 0 saturated carbocycles. The third-order valence-corrected chi connectivity index (χ3v) is 3.03. The highest BCUT2D eigenvalue weighted by atomic mass is 19.4. The Balaban J connectivity index is 2.08. The molecule has 0 bridgehead atoms. The molecule has 1 atom stereocenters. The summed E-state index contributed by atoms with van der Waals surface area (Å²) in [5, 5.41) is 2.74. The minimum Gasteiger partial charge on any atom is -0.314 e. The average Bonchev–Trinajstić information content (AvgIpc) is 2.31. The molecular formula is C12H14F4N2. The Morgan fingerprint density at radius 3 is 2.50 bits per heavy atom. The SMILES string of the molecule is Fc1ccc(CN2CCNCC2C(F)(F)F)cc1. The van der Waals surface area contributed by atoms with Gasteiger partial charge in [0, 0.05) is 26.2 Å². The number of halogens is 4. The van der Waals surface area contributed by atoms with Gasteiger partial charge in [0.2, 0.25) is 0 Å². The summed E-state index contributed by atoms with van der Waals surface area (Å²) in [7, 11) is 0. The molecule has 2 nitrogen and oxygen atoms in total. The Bertz CT molecular complexity index is 388. The lowest BCUT2D eigenvalue weighted by molar-refractivity contribution is -0.188. The summed E-state index contributed by atoms with van der Waals surface area (Å²) in [6.45, 7) is 0.964. The lowest BCUT2D eigenvalue weighted by Gasteiger charge is -2.37. The fourth-order valence-electron chi connectivity index (χ4n) is 2.08. The van der Waals surface area contributed by atoms with E-state index >= 15 is 0 Å². The summed E-state index contributed by atoms with van der Waals surface area (Å²) in [6.07, 6.45) is -4.24. The van der Waals surface area contributed by atoms with Gasteiger partial charge in [0.25, 0.3) is 0 Å². The van der Waals surface area contributed by atoms with E-state index < -0.39 is 12.2 Å². The van der Waals surface area contributed by atoms with E-state index in [-0.39, 0.29) is 18.9 Å². The van der Waals surface area contributed by atoms with Crippen molar-refractivity contribution in [2.75, 3.05) is 19.6 Å². The van der Waals surface area contributed by atoms with Crippen LogP contribution in [0.25, 0.3) is 0 Å². The first-order valence-electron chi connectivity index (χ1n) is 5.73. The van der Waals surface area contributed by atoms with Crippen molar-refractivity contribution in [3.8, 4) is 0 Å². The predicted molar refractivity (Wildman–Crippen MR) is 59.5 cm³/mol. The molecule has 1 unspecified atom stereocenters. The highest BCUT2D eigenvalue weighted by Crippen LogP contribution is 2.26. The molecule has 0 radical (unpaired) electrons. The smallest absolute Gasteiger partial charge is 0.314 e. The molecule has 100 valence electrons. The molecule has 0 spiro atoms. The molecule has 6 heteroatoms. The van der Waals surface area contributed by atoms with Gasteiger partial charge < -0.3 is 5.32 Å². The summed E-state index contributed by atoms with van der Waals surface area (Å²) in [6, 6.07) is 4.09. The van der Waals surface area contributed by atoms with Crippen LogP contribution in [0.4, 0.5) is 17.6 Å². The van der Waals surface area contributed by atoms with Gasteiger partial charge in [0.05, 0.1) is 0 Å². The molecule has 18 heavy (non-hydrogen) atoms. The van der Waals surface area contributed by atoms with E-state index in [1.807, 2.05) is 0 Å². The van der Waals surface area contributed by atoms with Gasteiger partial charge in [-0.3, -0.25) is 4.90 Å². The van der Waals surface area contributed by atoms with Crippen molar-refractivity contribution in [3.63, 3.8) is 0 Å². The summed E-state index contributed by atoms with van der Waals surface area (Å²) in [5.41, 5.74) is 0.688. The van der Waals surface area contributed by atoms with E-state index in [4.69, 9.17) is 0 Å². The molecule has 0 amide bonds. The second-order valence-corrected chi connectivity index (χ2v) is 4.36. The Kier molecular flexibility index (Phi) is 3.87. The van der Waals surface area contributed by atoms with E-state index in [1.165, 1.54) is 29.2 Å². The quantitative estimate of drug-likeness (QED) is 0.822. The van der Waals surface area contributed by atoms with Crippen LogP contribution in [0.2, 0.25) is 0 Å². The number of alkyl halides is 3. The number of rotatable bonds is 2. The number of hydrogen-bond acceptors (Lipinski definition) is 2. The first kappa shape index (κ1) is 13.3. The first-order chi connectivity index (χ1) is 8.47. The van der Waals surface area contributed by atoms with Gasteiger partial charge in [0.1, 0.15) is 11.9 Å². The van der Waals surface area contributed by atoms with E-state index in [9.17, 15) is 17.6 Å². The Hall–Kier alpha value is -1.14. The molecular weight excluding hydrogens is 248 g/mol. The van der Waals surface area contributed by atoms with Crippen LogP contribution in [0.3, 0.4) is 0 Å². The lowest BCUT2D eigenvalue weighted by Crippen LogP contribution is -2.57. The van der Waals surface area contributed by atoms with Gasteiger partial charge in [-0.05, 0) is 17.7 Å². The van der Waals surface area contributed by atoms with Crippen LogP contribution < -0.4 is 5.32 Å². The number of hydrogen-bond donors (Lipinski definition) is 1. The van der Waals surface area contributed by atoms with Crippen LogP contribution in [0, 0.1) is 5.82 Å². The number of piperazine rings is 1. The number of benzene rings is 1. The van der Waals surface area contributed by atoms with Crippen molar-refractivity contribution >= 4 is 0 Å². The van der Waals surface area contributed by atoms with Crippen molar-refractivity contribution in [3.05, 3.63) is 35.6 Å². The highest BCUT2D eigenvalue weighted by molar-refractivity contribution is 5.16.